The number of amides is 2. The van der Waals surface area contributed by atoms with E-state index in [4.69, 9.17) is 0 Å². The Hall–Kier alpha value is -2.89. The third kappa shape index (κ3) is 5.13. The molecule has 29 heavy (non-hydrogen) atoms. The summed E-state index contributed by atoms with van der Waals surface area (Å²) in [6.45, 7) is 8.23. The fraction of sp³-hybridized carbons (Fsp3) is 0.435. The summed E-state index contributed by atoms with van der Waals surface area (Å²) >= 11 is 0. The van der Waals surface area contributed by atoms with Crippen LogP contribution in [0.5, 0.6) is 0 Å². The van der Waals surface area contributed by atoms with Crippen LogP contribution in [0, 0.1) is 27.7 Å². The Kier molecular flexibility index (Phi) is 6.52. The summed E-state index contributed by atoms with van der Waals surface area (Å²) in [6, 6.07) is 8.55. The van der Waals surface area contributed by atoms with E-state index in [2.05, 4.69) is 52.5 Å². The molecule has 0 atom stereocenters. The SMILES string of the molecule is Cc1cc(C)cc(-n2c(C)cc(/C=N\NC(=O)C(=O)NC3CCCCC3)c2C)c1. The average Bonchev–Trinajstić information content (AvgIpc) is 2.95. The number of carbonyl (C=O) groups is 2. The third-order valence-corrected chi connectivity index (χ3v) is 5.45. The van der Waals surface area contributed by atoms with Gasteiger partial charge in [-0.05, 0) is 69.9 Å². The number of aromatic nitrogens is 1. The Labute approximate surface area is 172 Å². The van der Waals surface area contributed by atoms with Crippen LogP contribution < -0.4 is 10.7 Å². The Morgan fingerprint density at radius 2 is 1.62 bits per heavy atom. The molecule has 0 saturated heterocycles. The molecule has 0 aliphatic heterocycles. The van der Waals surface area contributed by atoms with Gasteiger partial charge in [-0.2, -0.15) is 5.10 Å². The number of hydrogen-bond acceptors (Lipinski definition) is 3. The molecule has 0 spiro atoms. The Bertz CT molecular complexity index is 916. The monoisotopic (exact) mass is 394 g/mol. The first kappa shape index (κ1) is 20.8. The summed E-state index contributed by atoms with van der Waals surface area (Å²) in [4.78, 5) is 24.0. The first-order valence-electron chi connectivity index (χ1n) is 10.3. The van der Waals surface area contributed by atoms with Gasteiger partial charge in [0.2, 0.25) is 0 Å². The molecule has 6 nitrogen and oxygen atoms in total. The number of rotatable bonds is 4. The Balaban J connectivity index is 1.66. The summed E-state index contributed by atoms with van der Waals surface area (Å²) in [6.07, 6.45) is 6.86. The molecule has 154 valence electrons. The number of hydrogen-bond donors (Lipinski definition) is 2. The van der Waals surface area contributed by atoms with Gasteiger partial charge in [-0.3, -0.25) is 9.59 Å². The summed E-state index contributed by atoms with van der Waals surface area (Å²) in [5.41, 5.74) is 8.87. The van der Waals surface area contributed by atoms with E-state index in [-0.39, 0.29) is 6.04 Å². The lowest BCUT2D eigenvalue weighted by Gasteiger charge is -2.22. The molecule has 1 fully saturated rings. The lowest BCUT2D eigenvalue weighted by molar-refractivity contribution is -0.139. The number of benzene rings is 1. The largest absolute Gasteiger partial charge is 0.345 e. The van der Waals surface area contributed by atoms with Crippen LogP contribution in [0.1, 0.15) is 60.2 Å². The second-order valence-corrected chi connectivity index (χ2v) is 8.02. The fourth-order valence-electron chi connectivity index (χ4n) is 4.10. The van der Waals surface area contributed by atoms with Gasteiger partial charge in [0.25, 0.3) is 0 Å². The first-order chi connectivity index (χ1) is 13.8. The van der Waals surface area contributed by atoms with E-state index < -0.39 is 11.8 Å². The van der Waals surface area contributed by atoms with Crippen molar-refractivity contribution in [1.29, 1.82) is 0 Å². The molecule has 1 aliphatic rings. The van der Waals surface area contributed by atoms with Gasteiger partial charge in [-0.1, -0.05) is 25.3 Å². The maximum absolute atomic E-state index is 12.0. The van der Waals surface area contributed by atoms with Crippen molar-refractivity contribution in [2.45, 2.75) is 65.8 Å². The first-order valence-corrected chi connectivity index (χ1v) is 10.3. The molecular formula is C23H30N4O2. The summed E-state index contributed by atoms with van der Waals surface area (Å²) in [5.74, 6) is -1.34. The number of carbonyl (C=O) groups excluding carboxylic acids is 2. The molecule has 0 radical (unpaired) electrons. The minimum Gasteiger partial charge on any atom is -0.345 e. The molecular weight excluding hydrogens is 364 g/mol. The molecule has 1 aliphatic carbocycles. The van der Waals surface area contributed by atoms with Crippen molar-refractivity contribution in [1.82, 2.24) is 15.3 Å². The number of nitrogens with zero attached hydrogens (tertiary/aromatic N) is 2. The molecule has 2 aromatic rings. The standard InChI is InChI=1S/C23H30N4O2/c1-15-10-16(2)12-21(11-15)27-17(3)13-19(18(27)4)14-24-26-23(29)22(28)25-20-8-6-5-7-9-20/h10-14,20H,5-9H2,1-4H3,(H,25,28)(H,26,29)/b24-14-. The van der Waals surface area contributed by atoms with E-state index >= 15 is 0 Å². The van der Waals surface area contributed by atoms with Crippen molar-refractivity contribution in [2.24, 2.45) is 5.10 Å². The second kappa shape index (κ2) is 9.07. The zero-order valence-corrected chi connectivity index (χ0v) is 17.7. The van der Waals surface area contributed by atoms with Crippen LogP contribution in [0.3, 0.4) is 0 Å². The molecule has 1 heterocycles. The van der Waals surface area contributed by atoms with Gasteiger partial charge in [0.1, 0.15) is 0 Å². The van der Waals surface area contributed by atoms with Crippen molar-refractivity contribution in [2.75, 3.05) is 0 Å². The smallest absolute Gasteiger partial charge is 0.329 e. The zero-order valence-electron chi connectivity index (χ0n) is 17.7. The highest BCUT2D eigenvalue weighted by Crippen LogP contribution is 2.22. The fourth-order valence-corrected chi connectivity index (χ4v) is 4.10. The molecule has 0 bridgehead atoms. The maximum Gasteiger partial charge on any atom is 0.329 e. The third-order valence-electron chi connectivity index (χ3n) is 5.45. The molecule has 3 rings (SSSR count). The number of aryl methyl sites for hydroxylation is 3. The van der Waals surface area contributed by atoms with Crippen LogP contribution in [0.4, 0.5) is 0 Å². The van der Waals surface area contributed by atoms with E-state index in [0.717, 1.165) is 48.3 Å². The van der Waals surface area contributed by atoms with E-state index in [1.165, 1.54) is 17.5 Å². The van der Waals surface area contributed by atoms with Gasteiger partial charge >= 0.3 is 11.8 Å². The minimum absolute atomic E-state index is 0.0997. The van der Waals surface area contributed by atoms with Crippen LogP contribution in [-0.4, -0.2) is 28.6 Å². The van der Waals surface area contributed by atoms with Crippen LogP contribution in [0.25, 0.3) is 5.69 Å². The van der Waals surface area contributed by atoms with Gasteiger partial charge in [-0.15, -0.1) is 0 Å². The summed E-state index contributed by atoms with van der Waals surface area (Å²) in [7, 11) is 0. The molecule has 2 amide bonds. The van der Waals surface area contributed by atoms with Crippen LogP contribution in [-0.2, 0) is 9.59 Å². The van der Waals surface area contributed by atoms with Crippen molar-refractivity contribution in [3.63, 3.8) is 0 Å². The van der Waals surface area contributed by atoms with Gasteiger partial charge < -0.3 is 9.88 Å². The van der Waals surface area contributed by atoms with E-state index in [1.807, 2.05) is 19.9 Å². The maximum atomic E-state index is 12.0. The average molecular weight is 395 g/mol. The minimum atomic E-state index is -0.727. The van der Waals surface area contributed by atoms with Crippen molar-refractivity contribution in [3.8, 4) is 5.69 Å². The molecule has 1 aromatic heterocycles. The van der Waals surface area contributed by atoms with Crippen molar-refractivity contribution < 1.29 is 9.59 Å². The van der Waals surface area contributed by atoms with Gasteiger partial charge in [-0.25, -0.2) is 5.43 Å². The predicted octanol–water partition coefficient (Wildman–Crippen LogP) is 3.61. The number of nitrogens with one attached hydrogen (secondary N) is 2. The molecule has 0 unspecified atom stereocenters. The highest BCUT2D eigenvalue weighted by Gasteiger charge is 2.20. The zero-order chi connectivity index (χ0) is 21.0. The van der Waals surface area contributed by atoms with Gasteiger partial charge in [0, 0.05) is 28.7 Å². The molecule has 1 saturated carbocycles. The van der Waals surface area contributed by atoms with Gasteiger partial charge in [0.05, 0.1) is 6.21 Å². The highest BCUT2D eigenvalue weighted by atomic mass is 16.2. The van der Waals surface area contributed by atoms with E-state index in [1.54, 1.807) is 6.21 Å². The van der Waals surface area contributed by atoms with E-state index in [0.29, 0.717) is 0 Å². The highest BCUT2D eigenvalue weighted by molar-refractivity contribution is 6.35. The normalized spacial score (nSPS) is 14.9. The van der Waals surface area contributed by atoms with Crippen LogP contribution in [0.15, 0.2) is 29.4 Å². The van der Waals surface area contributed by atoms with Crippen LogP contribution >= 0.6 is 0 Å². The molecule has 6 heteroatoms. The lowest BCUT2D eigenvalue weighted by atomic mass is 9.95. The number of hydrazone groups is 1. The summed E-state index contributed by atoms with van der Waals surface area (Å²) in [5, 5.41) is 6.80. The Morgan fingerprint density at radius 3 is 2.28 bits per heavy atom. The second-order valence-electron chi connectivity index (χ2n) is 8.02. The van der Waals surface area contributed by atoms with Gasteiger partial charge in [0.15, 0.2) is 0 Å². The molecule has 2 N–H and O–H groups in total. The van der Waals surface area contributed by atoms with Crippen molar-refractivity contribution >= 4 is 18.0 Å². The lowest BCUT2D eigenvalue weighted by Crippen LogP contribution is -2.44. The van der Waals surface area contributed by atoms with E-state index in [9.17, 15) is 9.59 Å². The Morgan fingerprint density at radius 1 is 0.966 bits per heavy atom. The predicted molar refractivity (Wildman–Crippen MR) is 115 cm³/mol. The topological polar surface area (TPSA) is 75.5 Å². The molecule has 1 aromatic carbocycles. The van der Waals surface area contributed by atoms with Crippen LogP contribution in [0.2, 0.25) is 0 Å². The summed E-state index contributed by atoms with van der Waals surface area (Å²) < 4.78 is 2.17. The van der Waals surface area contributed by atoms with Crippen molar-refractivity contribution in [3.05, 3.63) is 52.3 Å². The quantitative estimate of drug-likeness (QED) is 0.472.